The van der Waals surface area contributed by atoms with E-state index in [1.54, 1.807) is 11.9 Å². The Kier molecular flexibility index (Phi) is 8.60. The first kappa shape index (κ1) is 20.5. The number of carbonyl (C=O) groups is 1. The fraction of sp³-hybridized carbons (Fsp3) is 0.875. The van der Waals surface area contributed by atoms with Crippen LogP contribution >= 0.6 is 24.0 Å². The van der Waals surface area contributed by atoms with Crippen molar-refractivity contribution in [2.45, 2.75) is 32.1 Å². The normalized spacial score (nSPS) is 23.3. The number of nitrogens with one attached hydrogen (secondary N) is 2. The molecule has 1 heterocycles. The fourth-order valence-electron chi connectivity index (χ4n) is 3.45. The zero-order chi connectivity index (χ0) is 16.0. The molecule has 2 rings (SSSR count). The average molecular weight is 438 g/mol. The van der Waals surface area contributed by atoms with Gasteiger partial charge in [0.15, 0.2) is 5.96 Å². The number of guanidine groups is 1. The molecule has 2 aliphatic rings. The molecule has 0 aromatic heterocycles. The number of halogens is 1. The maximum Gasteiger partial charge on any atom is 0.230 e. The van der Waals surface area contributed by atoms with Crippen molar-refractivity contribution in [3.8, 4) is 0 Å². The molecule has 1 unspecified atom stereocenters. The molecule has 0 spiro atoms. The first-order valence-corrected chi connectivity index (χ1v) is 8.31. The molecule has 1 saturated heterocycles. The molecule has 6 nitrogen and oxygen atoms in total. The van der Waals surface area contributed by atoms with Gasteiger partial charge in [0.05, 0.1) is 12.0 Å². The van der Waals surface area contributed by atoms with Crippen LogP contribution in [-0.4, -0.2) is 64.2 Å². The second-order valence-electron chi connectivity index (χ2n) is 6.72. The van der Waals surface area contributed by atoms with E-state index < -0.39 is 0 Å². The molecular weight excluding hydrogens is 407 g/mol. The number of nitrogens with zero attached hydrogens (tertiary/aromatic N) is 2. The first-order valence-electron chi connectivity index (χ1n) is 8.31. The minimum absolute atomic E-state index is 0. The minimum Gasteiger partial charge on any atom is -0.381 e. The van der Waals surface area contributed by atoms with Crippen molar-refractivity contribution in [1.82, 2.24) is 15.5 Å². The Morgan fingerprint density at radius 2 is 2.00 bits per heavy atom. The van der Waals surface area contributed by atoms with Gasteiger partial charge in [0, 0.05) is 46.8 Å². The molecule has 0 bridgehead atoms. The molecule has 1 atom stereocenters. The van der Waals surface area contributed by atoms with Gasteiger partial charge in [-0.05, 0) is 19.3 Å². The van der Waals surface area contributed by atoms with Crippen molar-refractivity contribution in [3.63, 3.8) is 0 Å². The molecule has 2 fully saturated rings. The topological polar surface area (TPSA) is 66.0 Å². The number of amides is 1. The second kappa shape index (κ2) is 9.66. The SMILES string of the molecule is CN=C(NCC1CCOC1)NCC1(C(=O)N(C)C)CCCC1.I. The van der Waals surface area contributed by atoms with Gasteiger partial charge in [0.25, 0.3) is 0 Å². The summed E-state index contributed by atoms with van der Waals surface area (Å²) < 4.78 is 5.39. The standard InChI is InChI=1S/C16H30N4O2.HI/c1-17-15(18-10-13-6-9-22-11-13)19-12-16(7-4-5-8-16)14(21)20(2)3;/h13H,4-12H2,1-3H3,(H2,17,18,19);1H. The number of aliphatic imine (C=N–C) groups is 1. The predicted octanol–water partition coefficient (Wildman–Crippen LogP) is 1.45. The number of hydrogen-bond acceptors (Lipinski definition) is 3. The monoisotopic (exact) mass is 438 g/mol. The minimum atomic E-state index is -0.266. The Bertz CT molecular complexity index is 403. The molecule has 0 aromatic rings. The summed E-state index contributed by atoms with van der Waals surface area (Å²) in [5, 5.41) is 6.72. The van der Waals surface area contributed by atoms with E-state index in [1.807, 2.05) is 14.1 Å². The molecule has 23 heavy (non-hydrogen) atoms. The summed E-state index contributed by atoms with van der Waals surface area (Å²) in [4.78, 5) is 18.5. The van der Waals surface area contributed by atoms with Gasteiger partial charge >= 0.3 is 0 Å². The van der Waals surface area contributed by atoms with Crippen LogP contribution in [0, 0.1) is 11.3 Å². The smallest absolute Gasteiger partial charge is 0.230 e. The molecule has 134 valence electrons. The summed E-state index contributed by atoms with van der Waals surface area (Å²) in [6.07, 6.45) is 5.29. The van der Waals surface area contributed by atoms with E-state index in [9.17, 15) is 4.79 Å². The van der Waals surface area contributed by atoms with Crippen LogP contribution in [0.5, 0.6) is 0 Å². The summed E-state index contributed by atoms with van der Waals surface area (Å²) in [6.45, 7) is 3.21. The van der Waals surface area contributed by atoms with Crippen LogP contribution in [0.4, 0.5) is 0 Å². The van der Waals surface area contributed by atoms with Crippen LogP contribution in [0.15, 0.2) is 4.99 Å². The second-order valence-corrected chi connectivity index (χ2v) is 6.72. The van der Waals surface area contributed by atoms with Gasteiger partial charge in [-0.3, -0.25) is 9.79 Å². The lowest BCUT2D eigenvalue weighted by atomic mass is 9.84. The third-order valence-electron chi connectivity index (χ3n) is 4.82. The summed E-state index contributed by atoms with van der Waals surface area (Å²) in [5.74, 6) is 1.57. The van der Waals surface area contributed by atoms with Crippen LogP contribution in [-0.2, 0) is 9.53 Å². The molecule has 0 aromatic carbocycles. The van der Waals surface area contributed by atoms with Crippen LogP contribution in [0.3, 0.4) is 0 Å². The number of rotatable bonds is 5. The molecule has 0 radical (unpaired) electrons. The Morgan fingerprint density at radius 1 is 1.30 bits per heavy atom. The van der Waals surface area contributed by atoms with Crippen LogP contribution in [0.25, 0.3) is 0 Å². The highest BCUT2D eigenvalue weighted by molar-refractivity contribution is 14.0. The lowest BCUT2D eigenvalue weighted by molar-refractivity contribution is -0.138. The van der Waals surface area contributed by atoms with E-state index in [2.05, 4.69) is 15.6 Å². The maximum absolute atomic E-state index is 12.5. The van der Waals surface area contributed by atoms with Gasteiger partial charge < -0.3 is 20.3 Å². The molecule has 1 saturated carbocycles. The van der Waals surface area contributed by atoms with Crippen molar-refractivity contribution >= 4 is 35.8 Å². The van der Waals surface area contributed by atoms with E-state index in [-0.39, 0.29) is 35.3 Å². The molecular formula is C16H31IN4O2. The maximum atomic E-state index is 12.5. The van der Waals surface area contributed by atoms with Gasteiger partial charge in [0.1, 0.15) is 0 Å². The quantitative estimate of drug-likeness (QED) is 0.388. The average Bonchev–Trinajstić information content (AvgIpc) is 3.18. The zero-order valence-electron chi connectivity index (χ0n) is 14.6. The van der Waals surface area contributed by atoms with Crippen molar-refractivity contribution in [2.75, 3.05) is 47.4 Å². The summed E-state index contributed by atoms with van der Waals surface area (Å²) >= 11 is 0. The fourth-order valence-corrected chi connectivity index (χ4v) is 3.45. The summed E-state index contributed by atoms with van der Waals surface area (Å²) in [7, 11) is 5.46. The van der Waals surface area contributed by atoms with Crippen molar-refractivity contribution < 1.29 is 9.53 Å². The number of hydrogen-bond donors (Lipinski definition) is 2. The highest BCUT2D eigenvalue weighted by Crippen LogP contribution is 2.38. The molecule has 2 N–H and O–H groups in total. The van der Waals surface area contributed by atoms with E-state index in [4.69, 9.17) is 4.74 Å². The van der Waals surface area contributed by atoms with E-state index in [0.717, 1.165) is 57.8 Å². The summed E-state index contributed by atoms with van der Waals surface area (Å²) in [6, 6.07) is 0. The van der Waals surface area contributed by atoms with Crippen LogP contribution in [0.1, 0.15) is 32.1 Å². The molecule has 1 aliphatic carbocycles. The Hall–Kier alpha value is -0.570. The van der Waals surface area contributed by atoms with Crippen molar-refractivity contribution in [2.24, 2.45) is 16.3 Å². The first-order chi connectivity index (χ1) is 10.6. The Morgan fingerprint density at radius 3 is 2.52 bits per heavy atom. The van der Waals surface area contributed by atoms with Crippen LogP contribution < -0.4 is 10.6 Å². The van der Waals surface area contributed by atoms with E-state index in [0.29, 0.717) is 12.5 Å². The largest absolute Gasteiger partial charge is 0.381 e. The predicted molar refractivity (Wildman–Crippen MR) is 103 cm³/mol. The van der Waals surface area contributed by atoms with Crippen molar-refractivity contribution in [3.05, 3.63) is 0 Å². The van der Waals surface area contributed by atoms with E-state index in [1.165, 1.54) is 0 Å². The van der Waals surface area contributed by atoms with E-state index >= 15 is 0 Å². The van der Waals surface area contributed by atoms with Gasteiger partial charge in [-0.1, -0.05) is 12.8 Å². The highest BCUT2D eigenvalue weighted by Gasteiger charge is 2.42. The number of carbonyl (C=O) groups excluding carboxylic acids is 1. The molecule has 1 aliphatic heterocycles. The highest BCUT2D eigenvalue weighted by atomic mass is 127. The Balaban J connectivity index is 0.00000264. The Labute approximate surface area is 156 Å². The van der Waals surface area contributed by atoms with Gasteiger partial charge in [0.2, 0.25) is 5.91 Å². The lowest BCUT2D eigenvalue weighted by Gasteiger charge is -2.31. The number of ether oxygens (including phenoxy) is 1. The van der Waals surface area contributed by atoms with Gasteiger partial charge in [-0.15, -0.1) is 24.0 Å². The lowest BCUT2D eigenvalue weighted by Crippen LogP contribution is -2.49. The molecule has 7 heteroatoms. The van der Waals surface area contributed by atoms with Crippen molar-refractivity contribution in [1.29, 1.82) is 0 Å². The zero-order valence-corrected chi connectivity index (χ0v) is 16.9. The van der Waals surface area contributed by atoms with Gasteiger partial charge in [-0.25, -0.2) is 0 Å². The van der Waals surface area contributed by atoms with Gasteiger partial charge in [-0.2, -0.15) is 0 Å². The molecule has 1 amide bonds. The third-order valence-corrected chi connectivity index (χ3v) is 4.82. The van der Waals surface area contributed by atoms with Crippen LogP contribution in [0.2, 0.25) is 0 Å². The summed E-state index contributed by atoms with van der Waals surface area (Å²) in [5.41, 5.74) is -0.266. The third kappa shape index (κ3) is 5.48.